The maximum Gasteiger partial charge on any atom is 0.416 e. The molecule has 0 spiro atoms. The number of benzene rings is 3. The summed E-state index contributed by atoms with van der Waals surface area (Å²) in [5.74, 6) is -0.960. The van der Waals surface area contributed by atoms with E-state index in [4.69, 9.17) is 0 Å². The maximum atomic E-state index is 13.4. The summed E-state index contributed by atoms with van der Waals surface area (Å²) in [5.41, 5.74) is 1.67. The van der Waals surface area contributed by atoms with Gasteiger partial charge in [-0.3, -0.25) is 19.4 Å². The monoisotopic (exact) mass is 653 g/mol. The van der Waals surface area contributed by atoms with Crippen LogP contribution in [0.4, 0.5) is 19.0 Å². The number of fused-ring (bicyclic) bond motifs is 1. The molecule has 2 N–H and O–H groups in total. The summed E-state index contributed by atoms with van der Waals surface area (Å²) in [7, 11) is 1.71. The van der Waals surface area contributed by atoms with E-state index in [1.54, 1.807) is 90.9 Å². The zero-order valence-corrected chi connectivity index (χ0v) is 26.4. The number of hydrogen-bond acceptors (Lipinski definition) is 5. The Morgan fingerprint density at radius 1 is 0.854 bits per heavy atom. The van der Waals surface area contributed by atoms with Crippen molar-refractivity contribution in [2.75, 3.05) is 18.9 Å². The average molecular weight is 654 g/mol. The average Bonchev–Trinajstić information content (AvgIpc) is 3.10. The highest BCUT2D eigenvalue weighted by atomic mass is 19.4. The van der Waals surface area contributed by atoms with Crippen molar-refractivity contribution < 1.29 is 27.6 Å². The quantitative estimate of drug-likeness (QED) is 0.142. The van der Waals surface area contributed by atoms with Crippen molar-refractivity contribution >= 4 is 34.4 Å². The third kappa shape index (κ3) is 8.03. The van der Waals surface area contributed by atoms with Crippen LogP contribution in [-0.4, -0.2) is 46.2 Å². The normalized spacial score (nSPS) is 11.9. The van der Waals surface area contributed by atoms with Gasteiger partial charge in [0.2, 0.25) is 0 Å². The van der Waals surface area contributed by atoms with E-state index in [0.29, 0.717) is 39.8 Å². The summed E-state index contributed by atoms with van der Waals surface area (Å²) >= 11 is 0. The van der Waals surface area contributed by atoms with Crippen LogP contribution in [0.2, 0.25) is 0 Å². The molecule has 11 heteroatoms. The lowest BCUT2D eigenvalue weighted by molar-refractivity contribution is -0.137. The van der Waals surface area contributed by atoms with Gasteiger partial charge < -0.3 is 15.5 Å². The van der Waals surface area contributed by atoms with Crippen LogP contribution in [0.25, 0.3) is 22.0 Å². The van der Waals surface area contributed by atoms with Crippen molar-refractivity contribution in [1.82, 2.24) is 20.2 Å². The standard InChI is InChI=1S/C37H34F3N5O3/c1-3-4-9-22-45(2)36(48)33(31-12-7-8-21-41-31)44-34(46)26-15-19-30-25(23-26)16-20-32(42-30)43-35(47)29-11-6-5-10-28(29)24-13-17-27(18-14-24)37(38,39)40/h5-8,10-21,23,33H,3-4,9,22H2,1-2H3,(H,44,46)(H,42,43,47)/t33-/m0/s1. The fourth-order valence-corrected chi connectivity index (χ4v) is 5.24. The second kappa shape index (κ2) is 14.9. The number of amides is 3. The van der Waals surface area contributed by atoms with E-state index in [1.807, 2.05) is 0 Å². The Hall–Kier alpha value is -5.58. The summed E-state index contributed by atoms with van der Waals surface area (Å²) in [6.45, 7) is 2.65. The zero-order chi connectivity index (χ0) is 34.3. The SMILES string of the molecule is CCCCCN(C)C(=O)[C@@H](NC(=O)c1ccc2nc(NC(=O)c3ccccc3-c3ccc(C(F)(F)F)cc3)ccc2c1)c1ccccn1. The molecule has 0 radical (unpaired) electrons. The van der Waals surface area contributed by atoms with Crippen LogP contribution in [0.1, 0.15) is 64.2 Å². The van der Waals surface area contributed by atoms with Crippen molar-refractivity contribution in [2.45, 2.75) is 38.4 Å². The number of carbonyl (C=O) groups is 3. The van der Waals surface area contributed by atoms with Gasteiger partial charge in [-0.2, -0.15) is 13.2 Å². The van der Waals surface area contributed by atoms with Gasteiger partial charge in [0.25, 0.3) is 17.7 Å². The second-order valence-corrected chi connectivity index (χ2v) is 11.3. The third-order valence-corrected chi connectivity index (χ3v) is 7.87. The molecule has 0 aliphatic heterocycles. The van der Waals surface area contributed by atoms with Crippen molar-refractivity contribution in [1.29, 1.82) is 0 Å². The molecule has 0 aliphatic rings. The Morgan fingerprint density at radius 2 is 1.60 bits per heavy atom. The smallest absolute Gasteiger partial charge is 0.344 e. The predicted octanol–water partition coefficient (Wildman–Crippen LogP) is 7.69. The molecule has 2 aromatic heterocycles. The van der Waals surface area contributed by atoms with E-state index in [1.165, 1.54) is 12.1 Å². The van der Waals surface area contributed by atoms with Gasteiger partial charge in [-0.15, -0.1) is 0 Å². The number of halogens is 3. The second-order valence-electron chi connectivity index (χ2n) is 11.3. The first-order chi connectivity index (χ1) is 23.0. The predicted molar refractivity (Wildman–Crippen MR) is 178 cm³/mol. The Labute approximate surface area is 276 Å². The number of anilines is 1. The Balaban J connectivity index is 1.32. The van der Waals surface area contributed by atoms with E-state index in [-0.39, 0.29) is 17.3 Å². The van der Waals surface area contributed by atoms with Gasteiger partial charge >= 0.3 is 6.18 Å². The number of pyridine rings is 2. The summed E-state index contributed by atoms with van der Waals surface area (Å²) in [6, 6.07) is 23.6. The van der Waals surface area contributed by atoms with Crippen molar-refractivity contribution in [3.05, 3.63) is 126 Å². The summed E-state index contributed by atoms with van der Waals surface area (Å²) in [6.07, 6.45) is -0.0250. The fourth-order valence-electron chi connectivity index (χ4n) is 5.24. The molecule has 0 fully saturated rings. The van der Waals surface area contributed by atoms with Crippen LogP contribution in [0.5, 0.6) is 0 Å². The highest BCUT2D eigenvalue weighted by Gasteiger charge is 2.30. The molecule has 48 heavy (non-hydrogen) atoms. The molecule has 3 amide bonds. The van der Waals surface area contributed by atoms with Crippen LogP contribution in [-0.2, 0) is 11.0 Å². The molecule has 0 bridgehead atoms. The highest BCUT2D eigenvalue weighted by molar-refractivity contribution is 6.09. The first-order valence-electron chi connectivity index (χ1n) is 15.5. The molecule has 1 atom stereocenters. The molecular formula is C37H34F3N5O3. The molecule has 0 saturated carbocycles. The van der Waals surface area contributed by atoms with Crippen LogP contribution in [0.15, 0.2) is 103 Å². The minimum Gasteiger partial charge on any atom is -0.344 e. The number of unbranched alkanes of at least 4 members (excludes halogenated alkanes) is 2. The molecule has 0 saturated heterocycles. The topological polar surface area (TPSA) is 104 Å². The molecule has 8 nitrogen and oxygen atoms in total. The molecule has 0 unspecified atom stereocenters. The first-order valence-corrected chi connectivity index (χ1v) is 15.5. The van der Waals surface area contributed by atoms with E-state index in [9.17, 15) is 27.6 Å². The lowest BCUT2D eigenvalue weighted by atomic mass is 9.98. The fraction of sp³-hybridized carbons (Fsp3) is 0.216. The number of carbonyl (C=O) groups excluding carboxylic acids is 3. The van der Waals surface area contributed by atoms with Gasteiger partial charge in [0.05, 0.1) is 16.8 Å². The molecule has 5 rings (SSSR count). The lowest BCUT2D eigenvalue weighted by Crippen LogP contribution is -2.42. The van der Waals surface area contributed by atoms with Crippen molar-refractivity contribution in [3.8, 4) is 11.1 Å². The molecule has 0 aliphatic carbocycles. The Bertz CT molecular complexity index is 1910. The molecule has 246 valence electrons. The van der Waals surface area contributed by atoms with Crippen LogP contribution in [0, 0.1) is 0 Å². The van der Waals surface area contributed by atoms with Crippen LogP contribution in [0.3, 0.4) is 0 Å². The van der Waals surface area contributed by atoms with E-state index < -0.39 is 29.6 Å². The van der Waals surface area contributed by atoms with E-state index in [0.717, 1.165) is 31.4 Å². The molecule has 2 heterocycles. The number of nitrogens with one attached hydrogen (secondary N) is 2. The minimum absolute atomic E-state index is 0.249. The number of alkyl halides is 3. The number of rotatable bonds is 11. The van der Waals surface area contributed by atoms with Gasteiger partial charge in [-0.1, -0.05) is 56.2 Å². The van der Waals surface area contributed by atoms with Gasteiger partial charge in [0.1, 0.15) is 5.82 Å². The lowest BCUT2D eigenvalue weighted by Gasteiger charge is -2.24. The largest absolute Gasteiger partial charge is 0.416 e. The zero-order valence-electron chi connectivity index (χ0n) is 26.4. The Morgan fingerprint density at radius 3 is 2.31 bits per heavy atom. The van der Waals surface area contributed by atoms with Gasteiger partial charge in [-0.25, -0.2) is 4.98 Å². The highest BCUT2D eigenvalue weighted by Crippen LogP contribution is 2.32. The Kier molecular flexibility index (Phi) is 10.5. The number of nitrogens with zero attached hydrogens (tertiary/aromatic N) is 3. The van der Waals surface area contributed by atoms with Gasteiger partial charge in [0.15, 0.2) is 6.04 Å². The maximum absolute atomic E-state index is 13.4. The van der Waals surface area contributed by atoms with Gasteiger partial charge in [-0.05, 0) is 78.2 Å². The van der Waals surface area contributed by atoms with Crippen molar-refractivity contribution in [2.24, 2.45) is 0 Å². The number of aromatic nitrogens is 2. The van der Waals surface area contributed by atoms with E-state index >= 15 is 0 Å². The summed E-state index contributed by atoms with van der Waals surface area (Å²) < 4.78 is 39.2. The summed E-state index contributed by atoms with van der Waals surface area (Å²) in [4.78, 5) is 50.5. The van der Waals surface area contributed by atoms with Crippen molar-refractivity contribution in [3.63, 3.8) is 0 Å². The third-order valence-electron chi connectivity index (χ3n) is 7.87. The van der Waals surface area contributed by atoms with Crippen LogP contribution < -0.4 is 10.6 Å². The van der Waals surface area contributed by atoms with Gasteiger partial charge in [0, 0.05) is 36.3 Å². The molecule has 3 aromatic carbocycles. The summed E-state index contributed by atoms with van der Waals surface area (Å²) in [5, 5.41) is 6.23. The molecular weight excluding hydrogens is 619 g/mol. The van der Waals surface area contributed by atoms with Crippen LogP contribution >= 0.6 is 0 Å². The number of hydrogen-bond donors (Lipinski definition) is 2. The minimum atomic E-state index is -4.46. The number of likely N-dealkylation sites (N-methyl/N-ethyl adjacent to an activating group) is 1. The van der Waals surface area contributed by atoms with E-state index in [2.05, 4.69) is 27.5 Å². The molecule has 5 aromatic rings. The first kappa shape index (κ1) is 33.8.